The van der Waals surface area contributed by atoms with Crippen LogP contribution in [0.3, 0.4) is 0 Å². The minimum atomic E-state index is -4.55. The van der Waals surface area contributed by atoms with Crippen molar-refractivity contribution >= 4 is 0 Å². The largest absolute Gasteiger partial charge is 0.394 e. The molecule has 0 saturated carbocycles. The van der Waals surface area contributed by atoms with Gasteiger partial charge in [0.25, 0.3) is 0 Å². The van der Waals surface area contributed by atoms with E-state index in [1.54, 1.807) is 0 Å². The van der Waals surface area contributed by atoms with Crippen LogP contribution in [0.2, 0.25) is 0 Å². The molecule has 0 bridgehead atoms. The molecule has 0 aromatic carbocycles. The summed E-state index contributed by atoms with van der Waals surface area (Å²) in [6, 6.07) is 0. The van der Waals surface area contributed by atoms with Crippen molar-refractivity contribution in [1.82, 2.24) is 0 Å². The monoisotopic (exact) mass is 190 g/mol. The molecule has 0 saturated heterocycles. The fourth-order valence-corrected chi connectivity index (χ4v) is 0.330. The van der Waals surface area contributed by atoms with Gasteiger partial charge in [-0.15, -0.1) is 0 Å². The quantitative estimate of drug-likeness (QED) is 0.266. The number of hydrogen-bond donors (Lipinski definition) is 6. The van der Waals surface area contributed by atoms with E-state index in [0.29, 0.717) is 0 Å². The Hall–Kier alpha value is -0.240. The van der Waals surface area contributed by atoms with Gasteiger partial charge in [0.15, 0.2) is 0 Å². The summed E-state index contributed by atoms with van der Waals surface area (Å²) >= 11 is 0. The fourth-order valence-electron chi connectivity index (χ4n) is 0.330. The maximum atomic E-state index is 9.44. The van der Waals surface area contributed by atoms with Crippen LogP contribution in [0.5, 0.6) is 0 Å². The van der Waals surface area contributed by atoms with E-state index in [1.807, 2.05) is 0 Å². The van der Waals surface area contributed by atoms with Crippen molar-refractivity contribution in [2.45, 2.75) is 24.3 Å². The Morgan fingerprint density at radius 2 is 1.17 bits per heavy atom. The van der Waals surface area contributed by atoms with E-state index in [-0.39, 0.29) is 0 Å². The first-order valence-electron chi connectivity index (χ1n) is 6.59. The summed E-state index contributed by atoms with van der Waals surface area (Å²) in [5.41, 5.74) is 0. The highest BCUT2D eigenvalue weighted by molar-refractivity contribution is 4.79. The molecule has 0 amide bonds. The molecule has 0 heterocycles. The average Bonchev–Trinajstić information content (AvgIpc) is 2.12. The minimum Gasteiger partial charge on any atom is -0.394 e. The Kier molecular flexibility index (Phi) is 1.75. The Bertz CT molecular complexity index is 333. The molecule has 6 heteroatoms. The van der Waals surface area contributed by atoms with E-state index in [2.05, 4.69) is 0 Å². The van der Waals surface area contributed by atoms with Crippen LogP contribution in [-0.4, -0.2) is 68.1 Å². The molecule has 12 heavy (non-hydrogen) atoms. The molecule has 0 fully saturated rings. The van der Waals surface area contributed by atoms with Gasteiger partial charge < -0.3 is 30.6 Å². The third kappa shape index (κ3) is 3.02. The van der Waals surface area contributed by atoms with E-state index < -0.39 is 37.4 Å². The molecule has 0 radical (unpaired) electrons. The third-order valence-electron chi connectivity index (χ3n) is 0.885. The Morgan fingerprint density at radius 3 is 1.33 bits per heavy atom. The number of rotatable bonds is 5. The van der Waals surface area contributed by atoms with Gasteiger partial charge in [0.1, 0.15) is 24.3 Å². The van der Waals surface area contributed by atoms with Crippen LogP contribution in [0.25, 0.3) is 0 Å². The van der Waals surface area contributed by atoms with Gasteiger partial charge in [-0.1, -0.05) is 0 Å². The lowest BCUT2D eigenvalue weighted by Gasteiger charge is -2.24. The third-order valence-corrected chi connectivity index (χ3v) is 0.885. The van der Waals surface area contributed by atoms with E-state index in [4.69, 9.17) is 21.2 Å². The highest BCUT2D eigenvalue weighted by atomic mass is 16.4. The van der Waals surface area contributed by atoms with Gasteiger partial charge in [-0.25, -0.2) is 0 Å². The maximum Gasteiger partial charge on any atom is 0.111 e. The van der Waals surface area contributed by atoms with E-state index in [9.17, 15) is 20.4 Å². The molecular formula is C6H14O6. The smallest absolute Gasteiger partial charge is 0.111 e. The van der Waals surface area contributed by atoms with Crippen molar-refractivity contribution in [1.29, 1.82) is 0 Å². The van der Waals surface area contributed by atoms with Crippen LogP contribution in [0.15, 0.2) is 0 Å². The zero-order valence-corrected chi connectivity index (χ0v) is 5.68. The molecule has 0 aromatic rings. The summed E-state index contributed by atoms with van der Waals surface area (Å²) in [6.07, 6.45) is -17.9. The minimum absolute atomic E-state index is 4.11. The van der Waals surface area contributed by atoms with Crippen LogP contribution in [0.4, 0.5) is 0 Å². The zero-order valence-electron chi connectivity index (χ0n) is 13.7. The molecule has 0 aliphatic rings. The van der Waals surface area contributed by atoms with Gasteiger partial charge in [-0.05, 0) is 0 Å². The van der Waals surface area contributed by atoms with Crippen LogP contribution < -0.4 is 0 Å². The SMILES string of the molecule is [2H]C([2H])(O)[C@]([2H])(O)[C@@]([2H])(O)[C@]([2H])(O)[C@]([2H])(O)C([2H])([2H])O. The Morgan fingerprint density at radius 1 is 0.917 bits per heavy atom. The normalized spacial score (nSPS) is 44.2. The summed E-state index contributed by atoms with van der Waals surface area (Å²) < 4.78 is 54.5. The molecule has 0 aliphatic heterocycles. The molecule has 6 N–H and O–H groups in total. The average molecular weight is 190 g/mol. The van der Waals surface area contributed by atoms with Gasteiger partial charge in [0.2, 0.25) is 0 Å². The van der Waals surface area contributed by atoms with E-state index in [1.165, 1.54) is 0 Å². The first-order chi connectivity index (χ1) is 8.25. The van der Waals surface area contributed by atoms with Gasteiger partial charge in [-0.2, -0.15) is 0 Å². The van der Waals surface area contributed by atoms with Crippen LogP contribution >= 0.6 is 0 Å². The first-order valence-corrected chi connectivity index (χ1v) is 2.59. The van der Waals surface area contributed by atoms with E-state index >= 15 is 0 Å². The van der Waals surface area contributed by atoms with Gasteiger partial charge >= 0.3 is 0 Å². The van der Waals surface area contributed by atoms with Gasteiger partial charge in [-0.3, -0.25) is 0 Å². The molecule has 0 unspecified atom stereocenters. The lowest BCUT2D eigenvalue weighted by atomic mass is 10.0. The number of aliphatic hydroxyl groups is 6. The lowest BCUT2D eigenvalue weighted by Crippen LogP contribution is -2.46. The summed E-state index contributed by atoms with van der Waals surface area (Å²) in [4.78, 5) is 0. The molecule has 4 atom stereocenters. The molecule has 0 aromatic heterocycles. The molecule has 74 valence electrons. The Balaban J connectivity index is 6.08. The predicted molar refractivity (Wildman–Crippen MR) is 38.2 cm³/mol. The standard InChI is InChI=1S/C6H14O6/c7-1-3(9)5(11)6(12)4(10)2-8/h3-12H,1-2H2/t3-,4+,5-,6-/m1/s1/i1D2,2D2,3D,4D,5D,6D. The van der Waals surface area contributed by atoms with Crippen molar-refractivity contribution < 1.29 is 41.6 Å². The van der Waals surface area contributed by atoms with Crippen LogP contribution in [0.1, 0.15) is 11.0 Å². The summed E-state index contributed by atoms with van der Waals surface area (Å²) in [6.45, 7) is -8.23. The summed E-state index contributed by atoms with van der Waals surface area (Å²) in [7, 11) is 0. The highest BCUT2D eigenvalue weighted by Crippen LogP contribution is 2.03. The molecule has 0 aliphatic carbocycles. The zero-order chi connectivity index (χ0) is 17.0. The second-order valence-corrected chi connectivity index (χ2v) is 1.62. The second-order valence-electron chi connectivity index (χ2n) is 1.62. The predicted octanol–water partition coefficient (Wildman–Crippen LogP) is -3.59. The molecule has 0 rings (SSSR count). The fraction of sp³-hybridized carbons (Fsp3) is 1.00. The first kappa shape index (κ1) is 3.87. The van der Waals surface area contributed by atoms with Crippen molar-refractivity contribution in [3.8, 4) is 0 Å². The molecule has 6 nitrogen and oxygen atoms in total. The van der Waals surface area contributed by atoms with Crippen molar-refractivity contribution in [3.63, 3.8) is 0 Å². The maximum absolute atomic E-state index is 9.44. The van der Waals surface area contributed by atoms with Gasteiger partial charge in [0.05, 0.1) is 24.1 Å². The molecular weight excluding hydrogens is 168 g/mol. The Labute approximate surface area is 80.6 Å². The second kappa shape index (κ2) is 5.41. The van der Waals surface area contributed by atoms with Crippen molar-refractivity contribution in [3.05, 3.63) is 0 Å². The van der Waals surface area contributed by atoms with E-state index in [0.717, 1.165) is 0 Å². The number of hydrogen-bond acceptors (Lipinski definition) is 6. The lowest BCUT2D eigenvalue weighted by molar-refractivity contribution is -0.123. The topological polar surface area (TPSA) is 121 Å². The molecule has 0 spiro atoms. The van der Waals surface area contributed by atoms with Crippen molar-refractivity contribution in [2.24, 2.45) is 0 Å². The summed E-state index contributed by atoms with van der Waals surface area (Å²) in [5.74, 6) is 0. The van der Waals surface area contributed by atoms with Crippen LogP contribution in [-0.2, 0) is 0 Å². The van der Waals surface area contributed by atoms with Crippen LogP contribution in [0, 0.1) is 0 Å². The van der Waals surface area contributed by atoms with Crippen molar-refractivity contribution in [2.75, 3.05) is 13.1 Å². The summed E-state index contributed by atoms with van der Waals surface area (Å²) in [5, 5.41) is 55.1. The van der Waals surface area contributed by atoms with Gasteiger partial charge in [0, 0.05) is 0 Å². The highest BCUT2D eigenvalue weighted by Gasteiger charge is 2.29.